The summed E-state index contributed by atoms with van der Waals surface area (Å²) in [7, 11) is 1.65. The van der Waals surface area contributed by atoms with E-state index >= 15 is 0 Å². The predicted octanol–water partition coefficient (Wildman–Crippen LogP) is 3.44. The average Bonchev–Trinajstić information content (AvgIpc) is 2.50. The number of carboxylic acid groups (broad SMARTS) is 1. The molecule has 0 bridgehead atoms. The van der Waals surface area contributed by atoms with Crippen molar-refractivity contribution in [1.29, 1.82) is 0 Å². The first-order valence-corrected chi connectivity index (χ1v) is 7.52. The molecule has 0 saturated carbocycles. The van der Waals surface area contributed by atoms with Gasteiger partial charge in [-0.3, -0.25) is 4.79 Å². The van der Waals surface area contributed by atoms with Crippen molar-refractivity contribution in [2.24, 2.45) is 5.92 Å². The van der Waals surface area contributed by atoms with E-state index in [1.807, 2.05) is 44.2 Å². The molecule has 0 aliphatic heterocycles. The first kappa shape index (κ1) is 16.3. The van der Waals surface area contributed by atoms with Crippen LogP contribution < -0.4 is 10.1 Å². The van der Waals surface area contributed by atoms with Crippen LogP contribution in [0.25, 0.3) is 10.8 Å². The van der Waals surface area contributed by atoms with Crippen molar-refractivity contribution < 1.29 is 14.6 Å². The maximum atomic E-state index is 11.3. The fourth-order valence-corrected chi connectivity index (χ4v) is 2.49. The Bertz CT molecular complexity index is 652. The Morgan fingerprint density at radius 3 is 2.50 bits per heavy atom. The van der Waals surface area contributed by atoms with Crippen molar-refractivity contribution in [2.45, 2.75) is 32.9 Å². The van der Waals surface area contributed by atoms with Gasteiger partial charge in [0.25, 0.3) is 0 Å². The van der Waals surface area contributed by atoms with E-state index in [4.69, 9.17) is 4.74 Å². The number of nitrogens with one attached hydrogen (secondary N) is 1. The lowest BCUT2D eigenvalue weighted by molar-refractivity contribution is -0.140. The Labute approximate surface area is 131 Å². The van der Waals surface area contributed by atoms with E-state index in [0.717, 1.165) is 22.1 Å². The van der Waals surface area contributed by atoms with Crippen molar-refractivity contribution in [3.8, 4) is 5.75 Å². The highest BCUT2D eigenvalue weighted by atomic mass is 16.5. The second-order valence-electron chi connectivity index (χ2n) is 5.95. The summed E-state index contributed by atoms with van der Waals surface area (Å²) >= 11 is 0. The van der Waals surface area contributed by atoms with E-state index in [-0.39, 0.29) is 0 Å². The molecular weight excluding hydrogens is 278 g/mol. The Kier molecular flexibility index (Phi) is 5.39. The van der Waals surface area contributed by atoms with Gasteiger partial charge in [0.05, 0.1) is 7.11 Å². The Morgan fingerprint density at radius 1 is 1.18 bits per heavy atom. The number of rotatable bonds is 7. The number of benzene rings is 2. The molecule has 22 heavy (non-hydrogen) atoms. The number of hydrogen-bond acceptors (Lipinski definition) is 3. The Balaban J connectivity index is 2.09. The van der Waals surface area contributed by atoms with Gasteiger partial charge < -0.3 is 15.2 Å². The minimum Gasteiger partial charge on any atom is -0.497 e. The summed E-state index contributed by atoms with van der Waals surface area (Å²) in [6.07, 6.45) is 0.625. The Morgan fingerprint density at radius 2 is 1.86 bits per heavy atom. The van der Waals surface area contributed by atoms with Crippen LogP contribution in [0.2, 0.25) is 0 Å². The third-order valence-electron chi connectivity index (χ3n) is 3.67. The van der Waals surface area contributed by atoms with Gasteiger partial charge in [-0.05, 0) is 46.9 Å². The summed E-state index contributed by atoms with van der Waals surface area (Å²) in [5.41, 5.74) is 1.08. The lowest BCUT2D eigenvalue weighted by Crippen LogP contribution is -2.37. The fraction of sp³-hybridized carbons (Fsp3) is 0.389. The fourth-order valence-electron chi connectivity index (χ4n) is 2.49. The van der Waals surface area contributed by atoms with Crippen molar-refractivity contribution in [3.63, 3.8) is 0 Å². The second kappa shape index (κ2) is 7.27. The molecular formula is C18H23NO3. The lowest BCUT2D eigenvalue weighted by Gasteiger charge is -2.16. The largest absolute Gasteiger partial charge is 0.497 e. The lowest BCUT2D eigenvalue weighted by atomic mass is 10.0. The highest BCUT2D eigenvalue weighted by molar-refractivity contribution is 5.84. The van der Waals surface area contributed by atoms with E-state index in [1.54, 1.807) is 7.11 Å². The van der Waals surface area contributed by atoms with Gasteiger partial charge in [0.1, 0.15) is 11.8 Å². The average molecular weight is 301 g/mol. The maximum Gasteiger partial charge on any atom is 0.320 e. The summed E-state index contributed by atoms with van der Waals surface area (Å²) in [6.45, 7) is 4.60. The summed E-state index contributed by atoms with van der Waals surface area (Å²) in [5.74, 6) is 0.387. The van der Waals surface area contributed by atoms with E-state index < -0.39 is 12.0 Å². The molecule has 0 spiro atoms. The van der Waals surface area contributed by atoms with Gasteiger partial charge >= 0.3 is 5.97 Å². The SMILES string of the molecule is COc1ccc2cc(CN[C@@H](CC(C)C)C(=O)O)ccc2c1. The van der Waals surface area contributed by atoms with Crippen LogP contribution in [0.4, 0.5) is 0 Å². The molecule has 0 heterocycles. The molecule has 1 atom stereocenters. The number of fused-ring (bicyclic) bond motifs is 1. The van der Waals surface area contributed by atoms with Crippen molar-refractivity contribution in [3.05, 3.63) is 42.0 Å². The third-order valence-corrected chi connectivity index (χ3v) is 3.67. The summed E-state index contributed by atoms with van der Waals surface area (Å²) in [6, 6.07) is 11.6. The van der Waals surface area contributed by atoms with E-state index in [0.29, 0.717) is 18.9 Å². The molecule has 0 amide bonds. The van der Waals surface area contributed by atoms with Crippen LogP contribution in [0.5, 0.6) is 5.75 Å². The first-order valence-electron chi connectivity index (χ1n) is 7.52. The number of aliphatic carboxylic acids is 1. The minimum atomic E-state index is -0.792. The molecule has 0 aliphatic rings. The van der Waals surface area contributed by atoms with Crippen molar-refractivity contribution in [1.82, 2.24) is 5.32 Å². The molecule has 2 rings (SSSR count). The van der Waals surface area contributed by atoms with Crippen molar-refractivity contribution in [2.75, 3.05) is 7.11 Å². The molecule has 2 aromatic rings. The van der Waals surface area contributed by atoms with Gasteiger partial charge in [0.15, 0.2) is 0 Å². The molecule has 0 aromatic heterocycles. The van der Waals surface area contributed by atoms with E-state index in [9.17, 15) is 9.90 Å². The molecule has 4 nitrogen and oxygen atoms in total. The van der Waals surface area contributed by atoms with Crippen molar-refractivity contribution >= 4 is 16.7 Å². The molecule has 0 radical (unpaired) electrons. The van der Waals surface area contributed by atoms with Gasteiger partial charge in [-0.25, -0.2) is 0 Å². The monoisotopic (exact) mass is 301 g/mol. The molecule has 2 aromatic carbocycles. The quantitative estimate of drug-likeness (QED) is 0.822. The molecule has 0 saturated heterocycles. The smallest absolute Gasteiger partial charge is 0.320 e. The molecule has 0 unspecified atom stereocenters. The highest BCUT2D eigenvalue weighted by Gasteiger charge is 2.17. The Hall–Kier alpha value is -2.07. The summed E-state index contributed by atoms with van der Waals surface area (Å²) in [4.78, 5) is 11.3. The predicted molar refractivity (Wildman–Crippen MR) is 88.2 cm³/mol. The molecule has 4 heteroatoms. The summed E-state index contributed by atoms with van der Waals surface area (Å²) < 4.78 is 5.22. The van der Waals surface area contributed by atoms with Crippen LogP contribution >= 0.6 is 0 Å². The molecule has 0 fully saturated rings. The normalized spacial score (nSPS) is 12.5. The number of ether oxygens (including phenoxy) is 1. The first-order chi connectivity index (χ1) is 10.5. The zero-order valence-electron chi connectivity index (χ0n) is 13.3. The standard InChI is InChI=1S/C18H23NO3/c1-12(2)8-17(18(20)21)19-11-13-4-5-15-10-16(22-3)7-6-14(15)9-13/h4-7,9-10,12,17,19H,8,11H2,1-3H3,(H,20,21)/t17-/m0/s1. The van der Waals surface area contributed by atoms with Gasteiger partial charge in [0.2, 0.25) is 0 Å². The minimum absolute atomic E-state index is 0.345. The van der Waals surface area contributed by atoms with Crippen LogP contribution in [0.1, 0.15) is 25.8 Å². The van der Waals surface area contributed by atoms with Gasteiger partial charge in [-0.15, -0.1) is 0 Å². The zero-order chi connectivity index (χ0) is 16.1. The topological polar surface area (TPSA) is 58.6 Å². The van der Waals surface area contributed by atoms with Crippen LogP contribution in [0.3, 0.4) is 0 Å². The van der Waals surface area contributed by atoms with Crippen LogP contribution in [-0.2, 0) is 11.3 Å². The van der Waals surface area contributed by atoms with Crippen LogP contribution in [0.15, 0.2) is 36.4 Å². The second-order valence-corrected chi connectivity index (χ2v) is 5.95. The number of hydrogen-bond donors (Lipinski definition) is 2. The summed E-state index contributed by atoms with van der Waals surface area (Å²) in [5, 5.41) is 14.6. The zero-order valence-corrected chi connectivity index (χ0v) is 13.3. The molecule has 118 valence electrons. The van der Waals surface area contributed by atoms with Gasteiger partial charge in [-0.1, -0.05) is 32.0 Å². The van der Waals surface area contributed by atoms with Crippen LogP contribution in [0, 0.1) is 5.92 Å². The molecule has 2 N–H and O–H groups in total. The number of carboxylic acids is 1. The maximum absolute atomic E-state index is 11.3. The van der Waals surface area contributed by atoms with E-state index in [1.165, 1.54) is 0 Å². The third kappa shape index (κ3) is 4.21. The van der Waals surface area contributed by atoms with Gasteiger partial charge in [0, 0.05) is 6.54 Å². The number of methoxy groups -OCH3 is 1. The van der Waals surface area contributed by atoms with Crippen LogP contribution in [-0.4, -0.2) is 24.2 Å². The highest BCUT2D eigenvalue weighted by Crippen LogP contribution is 2.22. The van der Waals surface area contributed by atoms with E-state index in [2.05, 4.69) is 11.4 Å². The molecule has 0 aliphatic carbocycles. The van der Waals surface area contributed by atoms with Gasteiger partial charge in [-0.2, -0.15) is 0 Å². The number of carbonyl (C=O) groups is 1.